The summed E-state index contributed by atoms with van der Waals surface area (Å²) in [6.07, 6.45) is 1.18. The van der Waals surface area contributed by atoms with E-state index in [1.165, 1.54) is 0 Å². The summed E-state index contributed by atoms with van der Waals surface area (Å²) in [6.45, 7) is 5.06. The van der Waals surface area contributed by atoms with Crippen LogP contribution in [0.15, 0.2) is 12.3 Å². The summed E-state index contributed by atoms with van der Waals surface area (Å²) in [5.41, 5.74) is -0.533. The fourth-order valence-corrected chi connectivity index (χ4v) is 0.716. The first-order chi connectivity index (χ1) is 9.35. The topological polar surface area (TPSA) is 97.4 Å². The third-order valence-corrected chi connectivity index (χ3v) is 1.38. The number of carbonyl (C=O) groups excluding carboxylic acids is 3. The Kier molecular flexibility index (Phi) is 8.97. The van der Waals surface area contributed by atoms with Crippen molar-refractivity contribution in [1.29, 1.82) is 0 Å². The molecule has 0 aliphatic heterocycles. The predicted octanol–water partition coefficient (Wildman–Crippen LogP) is 1.14. The van der Waals surface area contributed by atoms with E-state index in [1.807, 2.05) is 0 Å². The van der Waals surface area contributed by atoms with Crippen LogP contribution in [0.2, 0.25) is 0 Å². The van der Waals surface area contributed by atoms with E-state index in [0.29, 0.717) is 6.29 Å². The Morgan fingerprint density at radius 1 is 1.15 bits per heavy atom. The molecule has 0 aliphatic carbocycles. The molecule has 0 aromatic carbocycles. The standard InChI is InChI=1S/C12H18O8/c1-12(2,3)20-18-6-4-10(14)19-11(15)17-9-8-16-7-5-13/h4-6H,7-9H2,1-3H3. The number of esters is 1. The molecule has 0 bridgehead atoms. The van der Waals surface area contributed by atoms with E-state index in [0.717, 1.165) is 12.3 Å². The number of hydrogen-bond acceptors (Lipinski definition) is 8. The summed E-state index contributed by atoms with van der Waals surface area (Å²) >= 11 is 0. The van der Waals surface area contributed by atoms with Crippen molar-refractivity contribution in [3.63, 3.8) is 0 Å². The van der Waals surface area contributed by atoms with E-state index < -0.39 is 17.7 Å². The summed E-state index contributed by atoms with van der Waals surface area (Å²) in [6, 6.07) is 0. The molecule has 0 aliphatic rings. The Labute approximate surface area is 116 Å². The maximum Gasteiger partial charge on any atom is 0.516 e. The van der Waals surface area contributed by atoms with Crippen LogP contribution in [0, 0.1) is 0 Å². The van der Waals surface area contributed by atoms with Gasteiger partial charge in [-0.1, -0.05) is 0 Å². The molecule has 0 aromatic heterocycles. The van der Waals surface area contributed by atoms with E-state index in [-0.39, 0.29) is 19.8 Å². The quantitative estimate of drug-likeness (QED) is 0.0959. The molecule has 0 saturated heterocycles. The highest BCUT2D eigenvalue weighted by molar-refractivity contribution is 5.89. The summed E-state index contributed by atoms with van der Waals surface area (Å²) in [4.78, 5) is 41.4. The van der Waals surface area contributed by atoms with Crippen molar-refractivity contribution in [3.05, 3.63) is 12.3 Å². The number of carbonyl (C=O) groups is 3. The van der Waals surface area contributed by atoms with Gasteiger partial charge in [0.05, 0.1) is 12.7 Å². The van der Waals surface area contributed by atoms with Gasteiger partial charge >= 0.3 is 12.1 Å². The average molecular weight is 290 g/mol. The van der Waals surface area contributed by atoms with Gasteiger partial charge in [0.25, 0.3) is 0 Å². The first-order valence-electron chi connectivity index (χ1n) is 5.76. The molecule has 0 aromatic rings. The number of rotatable bonds is 8. The number of ether oxygens (including phenoxy) is 3. The molecule has 0 unspecified atom stereocenters. The zero-order chi connectivity index (χ0) is 15.4. The molecule has 0 N–H and O–H groups in total. The van der Waals surface area contributed by atoms with E-state index >= 15 is 0 Å². The number of hydrogen-bond donors (Lipinski definition) is 0. The molecule has 0 amide bonds. The third kappa shape index (κ3) is 12.5. The Hall–Kier alpha value is -1.93. The van der Waals surface area contributed by atoms with Crippen LogP contribution >= 0.6 is 0 Å². The Morgan fingerprint density at radius 2 is 1.85 bits per heavy atom. The summed E-state index contributed by atoms with van der Waals surface area (Å²) in [5.74, 6) is -0.971. The van der Waals surface area contributed by atoms with Crippen LogP contribution in [0.4, 0.5) is 4.79 Å². The molecule has 8 heteroatoms. The largest absolute Gasteiger partial charge is 0.516 e. The van der Waals surface area contributed by atoms with Crippen LogP contribution in [-0.2, 0) is 33.6 Å². The smallest absolute Gasteiger partial charge is 0.431 e. The molecule has 0 saturated carbocycles. The van der Waals surface area contributed by atoms with Crippen LogP contribution in [0.25, 0.3) is 0 Å². The second kappa shape index (κ2) is 9.93. The molecule has 0 fully saturated rings. The molecule has 0 rings (SSSR count). The predicted molar refractivity (Wildman–Crippen MR) is 65.4 cm³/mol. The Balaban J connectivity index is 3.71. The molecule has 8 nitrogen and oxygen atoms in total. The maximum atomic E-state index is 11.1. The molecule has 0 heterocycles. The number of aldehydes is 1. The average Bonchev–Trinajstić information content (AvgIpc) is 2.33. The van der Waals surface area contributed by atoms with Crippen molar-refractivity contribution >= 4 is 18.4 Å². The lowest BCUT2D eigenvalue weighted by Crippen LogP contribution is -2.18. The van der Waals surface area contributed by atoms with E-state index in [2.05, 4.69) is 14.4 Å². The van der Waals surface area contributed by atoms with Gasteiger partial charge in [0, 0.05) is 0 Å². The summed E-state index contributed by atoms with van der Waals surface area (Å²) in [7, 11) is 0. The lowest BCUT2D eigenvalue weighted by atomic mass is 10.2. The first-order valence-corrected chi connectivity index (χ1v) is 5.76. The Bertz CT molecular complexity index is 342. The van der Waals surface area contributed by atoms with Gasteiger partial charge in [-0.2, -0.15) is 4.89 Å². The maximum absolute atomic E-state index is 11.1. The van der Waals surface area contributed by atoms with Crippen LogP contribution in [0.3, 0.4) is 0 Å². The lowest BCUT2D eigenvalue weighted by molar-refractivity contribution is -0.310. The van der Waals surface area contributed by atoms with Crippen LogP contribution in [0.5, 0.6) is 0 Å². The Morgan fingerprint density at radius 3 is 2.45 bits per heavy atom. The molecule has 0 atom stereocenters. The minimum atomic E-state index is -1.17. The fourth-order valence-electron chi connectivity index (χ4n) is 0.716. The van der Waals surface area contributed by atoms with Crippen molar-refractivity contribution in [1.82, 2.24) is 0 Å². The highest BCUT2D eigenvalue weighted by atomic mass is 17.2. The normalized spacial score (nSPS) is 11.2. The van der Waals surface area contributed by atoms with Gasteiger partial charge in [-0.15, -0.1) is 0 Å². The molecule has 0 spiro atoms. The van der Waals surface area contributed by atoms with Crippen molar-refractivity contribution in [2.75, 3.05) is 19.8 Å². The van der Waals surface area contributed by atoms with Gasteiger partial charge in [0.15, 0.2) is 0 Å². The highest BCUT2D eigenvalue weighted by Crippen LogP contribution is 2.06. The van der Waals surface area contributed by atoms with E-state index in [1.54, 1.807) is 20.8 Å². The van der Waals surface area contributed by atoms with Crippen LogP contribution in [0.1, 0.15) is 20.8 Å². The second-order valence-corrected chi connectivity index (χ2v) is 4.36. The summed E-state index contributed by atoms with van der Waals surface area (Å²) < 4.78 is 13.4. The highest BCUT2D eigenvalue weighted by Gasteiger charge is 2.12. The van der Waals surface area contributed by atoms with Gasteiger partial charge < -0.3 is 23.9 Å². The molecule has 20 heavy (non-hydrogen) atoms. The van der Waals surface area contributed by atoms with Crippen molar-refractivity contribution in [2.45, 2.75) is 26.4 Å². The van der Waals surface area contributed by atoms with Gasteiger partial charge in [0.2, 0.25) is 0 Å². The van der Waals surface area contributed by atoms with E-state index in [9.17, 15) is 14.4 Å². The zero-order valence-electron chi connectivity index (χ0n) is 11.6. The third-order valence-electron chi connectivity index (χ3n) is 1.38. The minimum Gasteiger partial charge on any atom is -0.431 e. The monoisotopic (exact) mass is 290 g/mol. The molecular weight excluding hydrogens is 272 g/mol. The van der Waals surface area contributed by atoms with E-state index in [4.69, 9.17) is 9.62 Å². The van der Waals surface area contributed by atoms with Crippen molar-refractivity contribution in [3.8, 4) is 0 Å². The molecular formula is C12H18O8. The first kappa shape index (κ1) is 18.1. The zero-order valence-corrected chi connectivity index (χ0v) is 11.6. The van der Waals surface area contributed by atoms with Crippen molar-refractivity contribution in [2.24, 2.45) is 0 Å². The minimum absolute atomic E-state index is 0.0282. The van der Waals surface area contributed by atoms with Gasteiger partial charge in [0.1, 0.15) is 31.4 Å². The molecule has 114 valence electrons. The van der Waals surface area contributed by atoms with Crippen molar-refractivity contribution < 1.29 is 38.4 Å². The van der Waals surface area contributed by atoms with Gasteiger partial charge in [-0.25, -0.2) is 9.59 Å². The fraction of sp³-hybridized carbons (Fsp3) is 0.583. The lowest BCUT2D eigenvalue weighted by Gasteiger charge is -2.15. The second-order valence-electron chi connectivity index (χ2n) is 4.36. The molecule has 0 radical (unpaired) electrons. The van der Waals surface area contributed by atoms with Gasteiger partial charge in [-0.05, 0) is 20.8 Å². The summed E-state index contributed by atoms with van der Waals surface area (Å²) in [5, 5.41) is 0. The van der Waals surface area contributed by atoms with Crippen LogP contribution in [-0.4, -0.2) is 43.8 Å². The SMILES string of the molecule is CC(C)(C)OOC=CC(=O)OC(=O)OCCOCC=O. The van der Waals surface area contributed by atoms with Crippen LogP contribution < -0.4 is 0 Å². The van der Waals surface area contributed by atoms with Gasteiger partial charge in [-0.3, -0.25) is 0 Å².